The zero-order valence-electron chi connectivity index (χ0n) is 8.85. The van der Waals surface area contributed by atoms with Gasteiger partial charge < -0.3 is 5.73 Å². The molecule has 0 aliphatic heterocycles. The highest BCUT2D eigenvalue weighted by atomic mass is 15.3. The third-order valence-electron chi connectivity index (χ3n) is 2.37. The average molecular weight is 201 g/mol. The fourth-order valence-corrected chi connectivity index (χ4v) is 1.52. The largest absolute Gasteiger partial charge is 0.326 e. The lowest BCUT2D eigenvalue weighted by molar-refractivity contribution is 0.686. The lowest BCUT2D eigenvalue weighted by Crippen LogP contribution is -2.01. The first-order valence-corrected chi connectivity index (χ1v) is 5.05. The van der Waals surface area contributed by atoms with Crippen LogP contribution in [0, 0.1) is 6.92 Å². The predicted octanol–water partition coefficient (Wildman–Crippen LogP) is 1.70. The predicted molar refractivity (Wildman–Crippen MR) is 60.4 cm³/mol. The highest BCUT2D eigenvalue weighted by Crippen LogP contribution is 2.06. The van der Waals surface area contributed by atoms with Crippen molar-refractivity contribution < 1.29 is 0 Å². The van der Waals surface area contributed by atoms with Gasteiger partial charge in [0.25, 0.3) is 0 Å². The summed E-state index contributed by atoms with van der Waals surface area (Å²) in [6.07, 6.45) is 3.91. The van der Waals surface area contributed by atoms with Crippen LogP contribution in [0.4, 0.5) is 0 Å². The number of nitrogens with two attached hydrogens (primary N) is 1. The van der Waals surface area contributed by atoms with Gasteiger partial charge >= 0.3 is 0 Å². The van der Waals surface area contributed by atoms with E-state index in [-0.39, 0.29) is 0 Å². The molecule has 2 aromatic rings. The van der Waals surface area contributed by atoms with Crippen molar-refractivity contribution in [2.75, 3.05) is 0 Å². The van der Waals surface area contributed by atoms with Gasteiger partial charge in [-0.05, 0) is 23.6 Å². The Kier molecular flexibility index (Phi) is 2.83. The second-order valence-electron chi connectivity index (χ2n) is 3.74. The van der Waals surface area contributed by atoms with Crippen molar-refractivity contribution in [1.82, 2.24) is 9.78 Å². The van der Waals surface area contributed by atoms with Crippen LogP contribution in [-0.4, -0.2) is 9.78 Å². The summed E-state index contributed by atoms with van der Waals surface area (Å²) < 4.78 is 1.94. The Balaban J connectivity index is 2.11. The minimum absolute atomic E-state index is 0.598. The second kappa shape index (κ2) is 4.28. The molecule has 0 spiro atoms. The maximum Gasteiger partial charge on any atom is 0.0659 e. The van der Waals surface area contributed by atoms with Gasteiger partial charge in [-0.15, -0.1) is 0 Å². The van der Waals surface area contributed by atoms with Gasteiger partial charge in [0.2, 0.25) is 0 Å². The van der Waals surface area contributed by atoms with Gasteiger partial charge in [-0.2, -0.15) is 5.10 Å². The van der Waals surface area contributed by atoms with E-state index >= 15 is 0 Å². The third kappa shape index (κ3) is 2.44. The number of hydrogen-bond donors (Lipinski definition) is 1. The molecule has 0 bridgehead atoms. The van der Waals surface area contributed by atoms with Crippen LogP contribution in [0.3, 0.4) is 0 Å². The van der Waals surface area contributed by atoms with Crippen LogP contribution in [-0.2, 0) is 13.1 Å². The van der Waals surface area contributed by atoms with E-state index in [1.807, 2.05) is 24.0 Å². The molecule has 1 aromatic carbocycles. The van der Waals surface area contributed by atoms with Gasteiger partial charge in [-0.25, -0.2) is 0 Å². The van der Waals surface area contributed by atoms with Gasteiger partial charge in [0.05, 0.1) is 12.7 Å². The molecule has 1 heterocycles. The van der Waals surface area contributed by atoms with Gasteiger partial charge in [0.15, 0.2) is 0 Å². The first-order valence-electron chi connectivity index (χ1n) is 5.05. The summed E-state index contributed by atoms with van der Waals surface area (Å²) in [6.45, 7) is 3.46. The summed E-state index contributed by atoms with van der Waals surface area (Å²) >= 11 is 0. The van der Waals surface area contributed by atoms with E-state index in [0.717, 1.165) is 12.1 Å². The molecule has 0 saturated carbocycles. The van der Waals surface area contributed by atoms with Crippen molar-refractivity contribution in [2.24, 2.45) is 5.73 Å². The van der Waals surface area contributed by atoms with Gasteiger partial charge in [0.1, 0.15) is 0 Å². The van der Waals surface area contributed by atoms with Crippen LogP contribution in [0.25, 0.3) is 0 Å². The Morgan fingerprint density at radius 2 is 1.87 bits per heavy atom. The SMILES string of the molecule is Cc1cnn(Cc2ccc(CN)cc2)c1. The van der Waals surface area contributed by atoms with Crippen LogP contribution in [0.5, 0.6) is 0 Å². The van der Waals surface area contributed by atoms with E-state index in [0.29, 0.717) is 6.54 Å². The zero-order chi connectivity index (χ0) is 10.7. The molecule has 0 amide bonds. The average Bonchev–Trinajstić information content (AvgIpc) is 2.65. The minimum atomic E-state index is 0.598. The summed E-state index contributed by atoms with van der Waals surface area (Å²) in [5.41, 5.74) is 9.13. The van der Waals surface area contributed by atoms with Crippen molar-refractivity contribution in [1.29, 1.82) is 0 Å². The molecule has 3 heteroatoms. The Labute approximate surface area is 89.5 Å². The van der Waals surface area contributed by atoms with Gasteiger partial charge in [-0.1, -0.05) is 24.3 Å². The van der Waals surface area contributed by atoms with Crippen molar-refractivity contribution in [3.05, 3.63) is 53.3 Å². The van der Waals surface area contributed by atoms with Crippen LogP contribution in [0.2, 0.25) is 0 Å². The van der Waals surface area contributed by atoms with Crippen LogP contribution >= 0.6 is 0 Å². The summed E-state index contributed by atoms with van der Waals surface area (Å²) in [7, 11) is 0. The van der Waals surface area contributed by atoms with Crippen molar-refractivity contribution >= 4 is 0 Å². The number of hydrogen-bond acceptors (Lipinski definition) is 2. The smallest absolute Gasteiger partial charge is 0.0659 e. The molecule has 15 heavy (non-hydrogen) atoms. The molecule has 3 nitrogen and oxygen atoms in total. The Morgan fingerprint density at radius 1 is 1.20 bits per heavy atom. The van der Waals surface area contributed by atoms with Gasteiger partial charge in [-0.3, -0.25) is 4.68 Å². The van der Waals surface area contributed by atoms with E-state index in [9.17, 15) is 0 Å². The first kappa shape index (κ1) is 9.93. The molecule has 0 unspecified atom stereocenters. The molecular formula is C12H15N3. The molecule has 1 aromatic heterocycles. The summed E-state index contributed by atoms with van der Waals surface area (Å²) in [4.78, 5) is 0. The van der Waals surface area contributed by atoms with Crippen LogP contribution in [0.15, 0.2) is 36.7 Å². The fourth-order valence-electron chi connectivity index (χ4n) is 1.52. The summed E-state index contributed by atoms with van der Waals surface area (Å²) in [6, 6.07) is 8.32. The lowest BCUT2D eigenvalue weighted by atomic mass is 10.1. The maximum absolute atomic E-state index is 5.54. The standard InChI is InChI=1S/C12H15N3/c1-10-7-14-15(8-10)9-12-4-2-11(6-13)3-5-12/h2-5,7-8H,6,9,13H2,1H3. The Hall–Kier alpha value is -1.61. The highest BCUT2D eigenvalue weighted by Gasteiger charge is 1.96. The minimum Gasteiger partial charge on any atom is -0.326 e. The molecule has 2 rings (SSSR count). The van der Waals surface area contributed by atoms with Crippen molar-refractivity contribution in [2.45, 2.75) is 20.0 Å². The molecule has 2 N–H and O–H groups in total. The quantitative estimate of drug-likeness (QED) is 0.821. The summed E-state index contributed by atoms with van der Waals surface area (Å²) in [5.74, 6) is 0. The topological polar surface area (TPSA) is 43.8 Å². The molecule has 0 atom stereocenters. The molecule has 0 radical (unpaired) electrons. The van der Waals surface area contributed by atoms with E-state index < -0.39 is 0 Å². The maximum atomic E-state index is 5.54. The van der Waals surface area contributed by atoms with Crippen LogP contribution in [0.1, 0.15) is 16.7 Å². The molecule has 0 fully saturated rings. The first-order chi connectivity index (χ1) is 7.28. The van der Waals surface area contributed by atoms with Crippen molar-refractivity contribution in [3.8, 4) is 0 Å². The number of rotatable bonds is 3. The number of nitrogens with zero attached hydrogens (tertiary/aromatic N) is 2. The molecule has 0 aliphatic carbocycles. The van der Waals surface area contributed by atoms with E-state index in [2.05, 4.69) is 29.4 Å². The molecule has 0 saturated heterocycles. The van der Waals surface area contributed by atoms with Gasteiger partial charge in [0, 0.05) is 12.7 Å². The number of aromatic nitrogens is 2. The summed E-state index contributed by atoms with van der Waals surface area (Å²) in [5, 5.41) is 4.25. The van der Waals surface area contributed by atoms with E-state index in [1.165, 1.54) is 11.1 Å². The number of benzene rings is 1. The van der Waals surface area contributed by atoms with E-state index in [4.69, 9.17) is 5.73 Å². The highest BCUT2D eigenvalue weighted by molar-refractivity contribution is 5.22. The molecule has 0 aliphatic rings. The fraction of sp³-hybridized carbons (Fsp3) is 0.250. The third-order valence-corrected chi connectivity index (χ3v) is 2.37. The monoisotopic (exact) mass is 201 g/mol. The number of aryl methyl sites for hydroxylation is 1. The van der Waals surface area contributed by atoms with Crippen LogP contribution < -0.4 is 5.73 Å². The van der Waals surface area contributed by atoms with E-state index in [1.54, 1.807) is 0 Å². The molecular weight excluding hydrogens is 186 g/mol. The molecule has 78 valence electrons. The Bertz CT molecular complexity index is 428. The second-order valence-corrected chi connectivity index (χ2v) is 3.74. The van der Waals surface area contributed by atoms with Crippen molar-refractivity contribution in [3.63, 3.8) is 0 Å². The zero-order valence-corrected chi connectivity index (χ0v) is 8.85. The lowest BCUT2D eigenvalue weighted by Gasteiger charge is -2.02. The normalized spacial score (nSPS) is 10.5. The Morgan fingerprint density at radius 3 is 2.40 bits per heavy atom.